The van der Waals surface area contributed by atoms with E-state index in [4.69, 9.17) is 4.74 Å². The third-order valence-electron chi connectivity index (χ3n) is 5.59. The first-order chi connectivity index (χ1) is 19.0. The Bertz CT molecular complexity index is 1610. The number of rotatable bonds is 9. The number of thiazole rings is 1. The van der Waals surface area contributed by atoms with E-state index in [1.54, 1.807) is 36.5 Å². The number of ether oxygens (including phenoxy) is 1. The number of amides is 1. The number of carbonyl (C=O) groups excluding carboxylic acids is 1. The van der Waals surface area contributed by atoms with Crippen molar-refractivity contribution in [3.63, 3.8) is 0 Å². The van der Waals surface area contributed by atoms with Gasteiger partial charge in [-0.05, 0) is 81.7 Å². The molecule has 0 aliphatic carbocycles. The Hall–Kier alpha value is -4.34. The quantitative estimate of drug-likeness (QED) is 0.134. The summed E-state index contributed by atoms with van der Waals surface area (Å²) in [6, 6.07) is 28.8. The molecule has 0 fully saturated rings. The van der Waals surface area contributed by atoms with E-state index in [0.717, 1.165) is 33.2 Å². The molecular formula is C30H22BrFN4O2S. The molecule has 1 heterocycles. The molecule has 0 aliphatic heterocycles. The van der Waals surface area contributed by atoms with Crippen molar-refractivity contribution in [1.29, 1.82) is 0 Å². The van der Waals surface area contributed by atoms with Crippen molar-refractivity contribution in [2.24, 2.45) is 5.10 Å². The third-order valence-corrected chi connectivity index (χ3v) is 6.97. The predicted molar refractivity (Wildman–Crippen MR) is 157 cm³/mol. The summed E-state index contributed by atoms with van der Waals surface area (Å²) in [6.45, 7) is 0.243. The van der Waals surface area contributed by atoms with Crippen LogP contribution < -0.4 is 15.5 Å². The number of para-hydroxylation sites is 1. The summed E-state index contributed by atoms with van der Waals surface area (Å²) in [5, 5.41) is 10.1. The van der Waals surface area contributed by atoms with Gasteiger partial charge < -0.3 is 10.1 Å². The number of halogens is 2. The van der Waals surface area contributed by atoms with Crippen LogP contribution in [0.25, 0.3) is 11.3 Å². The molecule has 5 aromatic rings. The van der Waals surface area contributed by atoms with Crippen LogP contribution in [0, 0.1) is 5.82 Å². The van der Waals surface area contributed by atoms with Crippen LogP contribution >= 0.6 is 27.3 Å². The topological polar surface area (TPSA) is 75.6 Å². The number of nitrogens with zero attached hydrogens (tertiary/aromatic N) is 2. The number of hydrogen-bond donors (Lipinski definition) is 2. The number of benzene rings is 4. The largest absolute Gasteiger partial charge is 0.488 e. The minimum atomic E-state index is -0.323. The summed E-state index contributed by atoms with van der Waals surface area (Å²) in [7, 11) is 0. The van der Waals surface area contributed by atoms with E-state index in [-0.39, 0.29) is 18.3 Å². The van der Waals surface area contributed by atoms with E-state index in [1.165, 1.54) is 23.5 Å². The van der Waals surface area contributed by atoms with E-state index >= 15 is 0 Å². The Morgan fingerprint density at radius 1 is 1.00 bits per heavy atom. The minimum absolute atomic E-state index is 0.243. The number of carbonyl (C=O) groups is 1. The Morgan fingerprint density at radius 2 is 1.82 bits per heavy atom. The van der Waals surface area contributed by atoms with Gasteiger partial charge in [0.25, 0.3) is 5.91 Å². The van der Waals surface area contributed by atoms with Crippen LogP contribution in [-0.2, 0) is 6.61 Å². The zero-order chi connectivity index (χ0) is 27.0. The molecule has 2 N–H and O–H groups in total. The van der Waals surface area contributed by atoms with Gasteiger partial charge in [0.05, 0.1) is 16.4 Å². The van der Waals surface area contributed by atoms with E-state index in [0.29, 0.717) is 15.8 Å². The molecule has 0 atom stereocenters. The van der Waals surface area contributed by atoms with Crippen LogP contribution in [0.2, 0.25) is 0 Å². The maximum absolute atomic E-state index is 13.3. The molecule has 1 amide bonds. The van der Waals surface area contributed by atoms with Crippen LogP contribution in [0.3, 0.4) is 0 Å². The molecule has 0 bridgehead atoms. The minimum Gasteiger partial charge on any atom is -0.488 e. The van der Waals surface area contributed by atoms with Crippen LogP contribution in [0.4, 0.5) is 15.2 Å². The fourth-order valence-corrected chi connectivity index (χ4v) is 4.88. The SMILES string of the molecule is O=C(N/N=C\c1ccc(OCc2cccc(F)c2)c(Br)c1)c1ccc(-c2csc(Nc3ccccc3)n2)cc1. The molecule has 4 aromatic carbocycles. The second kappa shape index (κ2) is 12.5. The van der Waals surface area contributed by atoms with Crippen molar-refractivity contribution in [1.82, 2.24) is 10.4 Å². The van der Waals surface area contributed by atoms with Gasteiger partial charge in [0.2, 0.25) is 0 Å². The van der Waals surface area contributed by atoms with Crippen LogP contribution in [0.1, 0.15) is 21.5 Å². The van der Waals surface area contributed by atoms with E-state index < -0.39 is 0 Å². The molecule has 9 heteroatoms. The van der Waals surface area contributed by atoms with Gasteiger partial charge in [-0.2, -0.15) is 5.10 Å². The van der Waals surface area contributed by atoms with Crippen molar-refractivity contribution in [3.8, 4) is 17.0 Å². The Labute approximate surface area is 237 Å². The molecular weight excluding hydrogens is 579 g/mol. The van der Waals surface area contributed by atoms with Crippen molar-refractivity contribution in [2.75, 3.05) is 5.32 Å². The first-order valence-electron chi connectivity index (χ1n) is 11.9. The molecule has 0 saturated carbocycles. The monoisotopic (exact) mass is 600 g/mol. The summed E-state index contributed by atoms with van der Waals surface area (Å²) in [6.07, 6.45) is 1.55. The van der Waals surface area contributed by atoms with Gasteiger partial charge in [0.15, 0.2) is 5.13 Å². The summed E-state index contributed by atoms with van der Waals surface area (Å²) < 4.78 is 19.8. The normalized spacial score (nSPS) is 10.9. The van der Waals surface area contributed by atoms with Gasteiger partial charge in [0, 0.05) is 22.2 Å². The molecule has 0 radical (unpaired) electrons. The van der Waals surface area contributed by atoms with E-state index in [2.05, 4.69) is 36.8 Å². The van der Waals surface area contributed by atoms with Crippen LogP contribution in [0.15, 0.2) is 112 Å². The van der Waals surface area contributed by atoms with Gasteiger partial charge in [-0.15, -0.1) is 11.3 Å². The summed E-state index contributed by atoms with van der Waals surface area (Å²) in [5.41, 5.74) is 7.25. The first kappa shape index (κ1) is 26.3. The van der Waals surface area contributed by atoms with Gasteiger partial charge in [-0.1, -0.05) is 42.5 Å². The number of nitrogens with one attached hydrogen (secondary N) is 2. The summed E-state index contributed by atoms with van der Waals surface area (Å²) >= 11 is 5.00. The molecule has 39 heavy (non-hydrogen) atoms. The fraction of sp³-hybridized carbons (Fsp3) is 0.0333. The predicted octanol–water partition coefficient (Wildman–Crippen LogP) is 7.80. The summed E-state index contributed by atoms with van der Waals surface area (Å²) in [5.74, 6) is -0.00917. The highest BCUT2D eigenvalue weighted by molar-refractivity contribution is 9.10. The number of hydrogen-bond acceptors (Lipinski definition) is 6. The number of hydrazone groups is 1. The highest BCUT2D eigenvalue weighted by atomic mass is 79.9. The standard InChI is InChI=1S/C30H22BrFN4O2S/c31-26-16-20(9-14-28(26)38-18-21-5-4-6-24(32)15-21)17-33-36-29(37)23-12-10-22(11-13-23)27-19-39-30(35-27)34-25-7-2-1-3-8-25/h1-17,19H,18H2,(H,34,35)(H,36,37)/b33-17-. The van der Waals surface area contributed by atoms with Gasteiger partial charge in [-0.25, -0.2) is 14.8 Å². The Kier molecular flexibility index (Phi) is 8.40. The average molecular weight is 602 g/mol. The fourth-order valence-electron chi connectivity index (χ4n) is 3.63. The Morgan fingerprint density at radius 3 is 2.59 bits per heavy atom. The zero-order valence-electron chi connectivity index (χ0n) is 20.5. The first-order valence-corrected chi connectivity index (χ1v) is 13.6. The second-order valence-corrected chi connectivity index (χ2v) is 10.1. The van der Waals surface area contributed by atoms with Crippen LogP contribution in [0.5, 0.6) is 5.75 Å². The van der Waals surface area contributed by atoms with E-state index in [1.807, 2.05) is 60.0 Å². The molecule has 6 nitrogen and oxygen atoms in total. The molecule has 0 spiro atoms. The van der Waals surface area contributed by atoms with Crippen molar-refractivity contribution in [2.45, 2.75) is 6.61 Å². The molecule has 194 valence electrons. The maximum Gasteiger partial charge on any atom is 0.271 e. The van der Waals surface area contributed by atoms with Crippen molar-refractivity contribution < 1.29 is 13.9 Å². The lowest BCUT2D eigenvalue weighted by Crippen LogP contribution is -2.17. The molecule has 0 unspecified atom stereocenters. The lowest BCUT2D eigenvalue weighted by atomic mass is 10.1. The van der Waals surface area contributed by atoms with Gasteiger partial charge in [0.1, 0.15) is 18.2 Å². The highest BCUT2D eigenvalue weighted by Gasteiger charge is 2.09. The molecule has 0 saturated heterocycles. The van der Waals surface area contributed by atoms with Gasteiger partial charge in [-0.3, -0.25) is 4.79 Å². The number of anilines is 2. The molecule has 1 aromatic heterocycles. The van der Waals surface area contributed by atoms with E-state index in [9.17, 15) is 9.18 Å². The van der Waals surface area contributed by atoms with Gasteiger partial charge >= 0.3 is 0 Å². The van der Waals surface area contributed by atoms with Crippen molar-refractivity contribution >= 4 is 50.2 Å². The molecule has 5 rings (SSSR count). The molecule has 0 aliphatic rings. The maximum atomic E-state index is 13.3. The smallest absolute Gasteiger partial charge is 0.271 e. The van der Waals surface area contributed by atoms with Crippen LogP contribution in [-0.4, -0.2) is 17.1 Å². The highest BCUT2D eigenvalue weighted by Crippen LogP contribution is 2.28. The van der Waals surface area contributed by atoms with Crippen molar-refractivity contribution in [3.05, 3.63) is 129 Å². The Balaban J connectivity index is 1.14. The third kappa shape index (κ3) is 7.16. The lowest BCUT2D eigenvalue weighted by molar-refractivity contribution is 0.0955. The summed E-state index contributed by atoms with van der Waals surface area (Å²) in [4.78, 5) is 17.2. The lowest BCUT2D eigenvalue weighted by Gasteiger charge is -2.09. The number of aromatic nitrogens is 1. The average Bonchev–Trinajstić information content (AvgIpc) is 3.41. The zero-order valence-corrected chi connectivity index (χ0v) is 22.9. The second-order valence-electron chi connectivity index (χ2n) is 8.41.